The zero-order valence-corrected chi connectivity index (χ0v) is 9.25. The minimum atomic E-state index is 0.387. The summed E-state index contributed by atoms with van der Waals surface area (Å²) in [5.74, 6) is 0. The SMILES string of the molecule is Cc1c(CC#N)c(Cl)cc2ccsc12. The fourth-order valence-corrected chi connectivity index (χ4v) is 2.81. The van der Waals surface area contributed by atoms with Crippen LogP contribution in [0.15, 0.2) is 17.5 Å². The van der Waals surface area contributed by atoms with Crippen molar-refractivity contribution in [1.82, 2.24) is 0 Å². The molecular weight excluding hydrogens is 214 g/mol. The van der Waals surface area contributed by atoms with Gasteiger partial charge in [0, 0.05) is 9.72 Å². The van der Waals surface area contributed by atoms with E-state index >= 15 is 0 Å². The Balaban J connectivity index is 2.77. The van der Waals surface area contributed by atoms with Gasteiger partial charge in [0.05, 0.1) is 12.5 Å². The summed E-state index contributed by atoms with van der Waals surface area (Å²) < 4.78 is 1.24. The predicted octanol–water partition coefficient (Wildman–Crippen LogP) is 3.93. The molecule has 0 radical (unpaired) electrons. The van der Waals surface area contributed by atoms with E-state index in [0.717, 1.165) is 11.1 Å². The highest BCUT2D eigenvalue weighted by atomic mass is 35.5. The Morgan fingerprint density at radius 2 is 2.36 bits per heavy atom. The van der Waals surface area contributed by atoms with Gasteiger partial charge in [0.1, 0.15) is 0 Å². The van der Waals surface area contributed by atoms with Crippen molar-refractivity contribution in [2.24, 2.45) is 0 Å². The molecule has 0 bridgehead atoms. The van der Waals surface area contributed by atoms with Crippen LogP contribution in [0.1, 0.15) is 11.1 Å². The van der Waals surface area contributed by atoms with Crippen molar-refractivity contribution in [2.75, 3.05) is 0 Å². The molecule has 0 saturated carbocycles. The molecule has 0 N–H and O–H groups in total. The fraction of sp³-hybridized carbons (Fsp3) is 0.182. The zero-order valence-electron chi connectivity index (χ0n) is 7.67. The van der Waals surface area contributed by atoms with Crippen LogP contribution in [0.3, 0.4) is 0 Å². The lowest BCUT2D eigenvalue weighted by Gasteiger charge is -2.05. The number of nitrogens with zero attached hydrogens (tertiary/aromatic N) is 1. The first-order chi connectivity index (χ1) is 6.74. The van der Waals surface area contributed by atoms with Gasteiger partial charge in [-0.2, -0.15) is 5.26 Å². The molecule has 70 valence electrons. The maximum absolute atomic E-state index is 8.69. The first-order valence-corrected chi connectivity index (χ1v) is 5.52. The van der Waals surface area contributed by atoms with Crippen molar-refractivity contribution >= 4 is 33.0 Å². The number of hydrogen-bond donors (Lipinski definition) is 0. The van der Waals surface area contributed by atoms with E-state index in [1.165, 1.54) is 10.1 Å². The Morgan fingerprint density at radius 3 is 3.07 bits per heavy atom. The molecule has 1 nitrogen and oxygen atoms in total. The fourth-order valence-electron chi connectivity index (χ4n) is 1.57. The van der Waals surface area contributed by atoms with Crippen molar-refractivity contribution in [2.45, 2.75) is 13.3 Å². The van der Waals surface area contributed by atoms with Gasteiger partial charge in [-0.15, -0.1) is 11.3 Å². The zero-order chi connectivity index (χ0) is 10.1. The molecule has 14 heavy (non-hydrogen) atoms. The average molecular weight is 222 g/mol. The quantitative estimate of drug-likeness (QED) is 0.716. The van der Waals surface area contributed by atoms with Crippen molar-refractivity contribution < 1.29 is 0 Å². The molecule has 0 spiro atoms. The summed E-state index contributed by atoms with van der Waals surface area (Å²) in [6.45, 7) is 2.03. The third-order valence-electron chi connectivity index (χ3n) is 2.32. The molecule has 2 aromatic rings. The first-order valence-electron chi connectivity index (χ1n) is 4.26. The monoisotopic (exact) mass is 221 g/mol. The van der Waals surface area contributed by atoms with E-state index in [0.29, 0.717) is 11.4 Å². The van der Waals surface area contributed by atoms with Gasteiger partial charge in [-0.3, -0.25) is 0 Å². The number of hydrogen-bond acceptors (Lipinski definition) is 2. The molecule has 0 amide bonds. The lowest BCUT2D eigenvalue weighted by molar-refractivity contribution is 1.23. The second kappa shape index (κ2) is 3.61. The molecule has 1 aromatic carbocycles. The number of nitriles is 1. The molecule has 0 saturated heterocycles. The topological polar surface area (TPSA) is 23.8 Å². The average Bonchev–Trinajstić information content (AvgIpc) is 2.60. The van der Waals surface area contributed by atoms with Crippen molar-refractivity contribution in [3.63, 3.8) is 0 Å². The lowest BCUT2D eigenvalue weighted by atomic mass is 10.0. The molecule has 2 rings (SSSR count). The van der Waals surface area contributed by atoms with E-state index in [9.17, 15) is 0 Å². The molecule has 0 fully saturated rings. The summed E-state index contributed by atoms with van der Waals surface area (Å²) in [6.07, 6.45) is 0.387. The van der Waals surface area contributed by atoms with Crippen LogP contribution in [0.4, 0.5) is 0 Å². The highest BCUT2D eigenvalue weighted by Crippen LogP contribution is 2.32. The number of thiophene rings is 1. The minimum Gasteiger partial charge on any atom is -0.198 e. The van der Waals surface area contributed by atoms with Gasteiger partial charge in [0.15, 0.2) is 0 Å². The molecule has 0 aliphatic rings. The van der Waals surface area contributed by atoms with E-state index in [2.05, 4.69) is 12.1 Å². The molecule has 0 aliphatic carbocycles. The van der Waals surface area contributed by atoms with Crippen LogP contribution >= 0.6 is 22.9 Å². The number of aryl methyl sites for hydroxylation is 1. The Kier molecular flexibility index (Phi) is 2.45. The van der Waals surface area contributed by atoms with Gasteiger partial charge in [-0.05, 0) is 40.9 Å². The highest BCUT2D eigenvalue weighted by molar-refractivity contribution is 7.17. The number of halogens is 1. The van der Waals surface area contributed by atoms with Gasteiger partial charge < -0.3 is 0 Å². The van der Waals surface area contributed by atoms with Gasteiger partial charge >= 0.3 is 0 Å². The molecule has 0 unspecified atom stereocenters. The van der Waals surface area contributed by atoms with E-state index < -0.39 is 0 Å². The van der Waals surface area contributed by atoms with Crippen LogP contribution in [0.5, 0.6) is 0 Å². The lowest BCUT2D eigenvalue weighted by Crippen LogP contribution is -1.89. The molecule has 1 aromatic heterocycles. The summed E-state index contributed by atoms with van der Waals surface area (Å²) in [6, 6.07) is 6.13. The summed E-state index contributed by atoms with van der Waals surface area (Å²) >= 11 is 7.79. The van der Waals surface area contributed by atoms with Crippen molar-refractivity contribution in [3.8, 4) is 6.07 Å². The number of rotatable bonds is 1. The van der Waals surface area contributed by atoms with Gasteiger partial charge in [-0.1, -0.05) is 11.6 Å². The van der Waals surface area contributed by atoms with Crippen LogP contribution < -0.4 is 0 Å². The largest absolute Gasteiger partial charge is 0.198 e. The Hall–Kier alpha value is -1.04. The first kappa shape index (κ1) is 9.51. The molecule has 0 atom stereocenters. The van der Waals surface area contributed by atoms with Crippen LogP contribution in [-0.2, 0) is 6.42 Å². The van der Waals surface area contributed by atoms with Crippen LogP contribution in [-0.4, -0.2) is 0 Å². The third kappa shape index (κ3) is 1.39. The van der Waals surface area contributed by atoms with Crippen molar-refractivity contribution in [3.05, 3.63) is 33.7 Å². The summed E-state index contributed by atoms with van der Waals surface area (Å²) in [7, 11) is 0. The Labute approximate surface area is 91.5 Å². The normalized spacial score (nSPS) is 10.4. The summed E-state index contributed by atoms with van der Waals surface area (Å²) in [4.78, 5) is 0. The van der Waals surface area contributed by atoms with Crippen LogP contribution in [0.25, 0.3) is 10.1 Å². The van der Waals surface area contributed by atoms with E-state index in [4.69, 9.17) is 16.9 Å². The molecule has 0 aliphatic heterocycles. The third-order valence-corrected chi connectivity index (χ3v) is 3.70. The minimum absolute atomic E-state index is 0.387. The second-order valence-corrected chi connectivity index (χ2v) is 4.46. The van der Waals surface area contributed by atoms with Gasteiger partial charge in [-0.25, -0.2) is 0 Å². The number of fused-ring (bicyclic) bond motifs is 1. The van der Waals surface area contributed by atoms with E-state index in [1.54, 1.807) is 11.3 Å². The van der Waals surface area contributed by atoms with Gasteiger partial charge in [0.2, 0.25) is 0 Å². The maximum atomic E-state index is 8.69. The maximum Gasteiger partial charge on any atom is 0.0670 e. The van der Waals surface area contributed by atoms with Crippen LogP contribution in [0, 0.1) is 18.3 Å². The Bertz CT molecular complexity index is 522. The standard InChI is InChI=1S/C11H8ClNS/c1-7-9(2-4-13)10(12)6-8-3-5-14-11(7)8/h3,5-6H,2H2,1H3. The van der Waals surface area contributed by atoms with E-state index in [1.807, 2.05) is 18.4 Å². The second-order valence-electron chi connectivity index (χ2n) is 3.14. The van der Waals surface area contributed by atoms with E-state index in [-0.39, 0.29) is 0 Å². The van der Waals surface area contributed by atoms with Crippen LogP contribution in [0.2, 0.25) is 5.02 Å². The summed E-state index contributed by atoms with van der Waals surface area (Å²) in [5, 5.41) is 12.6. The molecule has 1 heterocycles. The predicted molar refractivity (Wildman–Crippen MR) is 60.9 cm³/mol. The molecular formula is C11H8ClNS. The highest BCUT2D eigenvalue weighted by Gasteiger charge is 2.09. The smallest absolute Gasteiger partial charge is 0.0670 e. The van der Waals surface area contributed by atoms with Gasteiger partial charge in [0.25, 0.3) is 0 Å². The Morgan fingerprint density at radius 1 is 1.57 bits per heavy atom. The summed E-state index contributed by atoms with van der Waals surface area (Å²) in [5.41, 5.74) is 2.10. The van der Waals surface area contributed by atoms with Crippen molar-refractivity contribution in [1.29, 1.82) is 5.26 Å². The number of benzene rings is 1. The molecule has 3 heteroatoms.